The molecular weight excluding hydrogens is 470 g/mol. The summed E-state index contributed by atoms with van der Waals surface area (Å²) >= 11 is 0. The van der Waals surface area contributed by atoms with Gasteiger partial charge in [-0.2, -0.15) is 10.2 Å². The number of methoxy groups -OCH3 is 1. The molecule has 186 valence electrons. The van der Waals surface area contributed by atoms with E-state index in [-0.39, 0.29) is 11.7 Å². The predicted molar refractivity (Wildman–Crippen MR) is 136 cm³/mol. The number of hydrogen-bond donors (Lipinski definition) is 1. The molecular formula is C27H25N7O3. The van der Waals surface area contributed by atoms with E-state index in [0.29, 0.717) is 66.1 Å². The summed E-state index contributed by atoms with van der Waals surface area (Å²) in [5.74, 6) is 0.358. The number of aliphatic hydroxyl groups excluding tert-OH is 1. The van der Waals surface area contributed by atoms with Crippen LogP contribution in [0, 0.1) is 11.3 Å². The third-order valence-corrected chi connectivity index (χ3v) is 7.05. The fourth-order valence-electron chi connectivity index (χ4n) is 5.28. The third kappa shape index (κ3) is 3.80. The van der Waals surface area contributed by atoms with Crippen molar-refractivity contribution in [3.63, 3.8) is 0 Å². The Labute approximate surface area is 212 Å². The lowest BCUT2D eigenvalue weighted by atomic mass is 9.85. The summed E-state index contributed by atoms with van der Waals surface area (Å²) < 4.78 is 10.4. The molecule has 0 aliphatic heterocycles. The molecule has 0 spiro atoms. The fourth-order valence-corrected chi connectivity index (χ4v) is 5.28. The topological polar surface area (TPSA) is 124 Å². The summed E-state index contributed by atoms with van der Waals surface area (Å²) in [5.41, 5.74) is 4.67. The van der Waals surface area contributed by atoms with Crippen molar-refractivity contribution >= 4 is 22.2 Å². The normalized spacial score (nSPS) is 17.2. The molecule has 0 amide bonds. The van der Waals surface area contributed by atoms with Crippen molar-refractivity contribution in [1.82, 2.24) is 28.7 Å². The molecule has 1 aliphatic rings. The zero-order valence-electron chi connectivity index (χ0n) is 20.3. The highest BCUT2D eigenvalue weighted by atomic mass is 16.5. The summed E-state index contributed by atoms with van der Waals surface area (Å²) in [6, 6.07) is 14.9. The number of rotatable bonds is 6. The molecule has 3 heterocycles. The number of benzene rings is 2. The van der Waals surface area contributed by atoms with Gasteiger partial charge in [0.15, 0.2) is 5.65 Å². The largest absolute Gasteiger partial charge is 0.388 e. The van der Waals surface area contributed by atoms with Crippen LogP contribution in [0.4, 0.5) is 0 Å². The van der Waals surface area contributed by atoms with E-state index in [1.807, 2.05) is 24.3 Å². The van der Waals surface area contributed by atoms with E-state index < -0.39 is 6.10 Å². The van der Waals surface area contributed by atoms with Crippen LogP contribution in [0.5, 0.6) is 0 Å². The second-order valence-corrected chi connectivity index (χ2v) is 9.20. The minimum Gasteiger partial charge on any atom is -0.388 e. The Hall–Kier alpha value is -4.33. The maximum Gasteiger partial charge on any atom is 0.330 e. The van der Waals surface area contributed by atoms with Crippen molar-refractivity contribution in [2.75, 3.05) is 13.7 Å². The summed E-state index contributed by atoms with van der Waals surface area (Å²) in [6.45, 7) is 0.994. The second-order valence-electron chi connectivity index (χ2n) is 9.20. The standard InChI is InChI=1S/C27H25N7O3/c1-37-12-4-11-32-23-15-29-26(33-16-30-20-8-7-17(14-28)13-22(20)33)31-25(23)34(27(32)36)21-9-10-24(35)19-6-3-2-5-18(19)21/h2-3,5-8,13,15-16,21,24,35H,4,9-12H2,1H3. The van der Waals surface area contributed by atoms with Crippen LogP contribution < -0.4 is 5.69 Å². The fraction of sp³-hybridized carbons (Fsp3) is 0.296. The van der Waals surface area contributed by atoms with Gasteiger partial charge in [0, 0.05) is 20.3 Å². The number of nitriles is 1. The maximum absolute atomic E-state index is 13.9. The highest BCUT2D eigenvalue weighted by Crippen LogP contribution is 2.38. The Morgan fingerprint density at radius 1 is 1.14 bits per heavy atom. The minimum absolute atomic E-state index is 0.170. The van der Waals surface area contributed by atoms with Gasteiger partial charge in [-0.3, -0.25) is 13.7 Å². The predicted octanol–water partition coefficient (Wildman–Crippen LogP) is 3.26. The van der Waals surface area contributed by atoms with Crippen LogP contribution >= 0.6 is 0 Å². The van der Waals surface area contributed by atoms with Gasteiger partial charge in [0.25, 0.3) is 0 Å². The van der Waals surface area contributed by atoms with Gasteiger partial charge in [0.1, 0.15) is 11.8 Å². The quantitative estimate of drug-likeness (QED) is 0.359. The third-order valence-electron chi connectivity index (χ3n) is 7.05. The minimum atomic E-state index is -0.560. The van der Waals surface area contributed by atoms with Gasteiger partial charge >= 0.3 is 5.69 Å². The molecule has 10 heteroatoms. The number of ether oxygens (including phenoxy) is 1. The van der Waals surface area contributed by atoms with Crippen LogP contribution in [-0.4, -0.2) is 47.5 Å². The number of nitrogens with zero attached hydrogens (tertiary/aromatic N) is 7. The summed E-state index contributed by atoms with van der Waals surface area (Å²) in [5, 5.41) is 20.0. The average molecular weight is 496 g/mol. The van der Waals surface area contributed by atoms with E-state index in [4.69, 9.17) is 9.72 Å². The number of aryl methyl sites for hydroxylation is 1. The molecule has 10 nitrogen and oxygen atoms in total. The molecule has 2 unspecified atom stereocenters. The molecule has 0 radical (unpaired) electrons. The highest BCUT2D eigenvalue weighted by Gasteiger charge is 2.31. The van der Waals surface area contributed by atoms with Gasteiger partial charge in [-0.1, -0.05) is 24.3 Å². The van der Waals surface area contributed by atoms with E-state index in [1.165, 1.54) is 0 Å². The van der Waals surface area contributed by atoms with Crippen molar-refractivity contribution in [2.24, 2.45) is 0 Å². The number of hydrogen-bond acceptors (Lipinski definition) is 7. The van der Waals surface area contributed by atoms with Crippen LogP contribution in [0.2, 0.25) is 0 Å². The Balaban J connectivity index is 1.57. The smallest absolute Gasteiger partial charge is 0.330 e. The number of aromatic nitrogens is 6. The first-order chi connectivity index (χ1) is 18.1. The van der Waals surface area contributed by atoms with Crippen molar-refractivity contribution in [3.05, 3.63) is 82.2 Å². The molecule has 5 aromatic rings. The van der Waals surface area contributed by atoms with E-state index in [1.54, 1.807) is 51.5 Å². The molecule has 37 heavy (non-hydrogen) atoms. The second kappa shape index (κ2) is 9.28. The first-order valence-corrected chi connectivity index (χ1v) is 12.2. The Kier molecular flexibility index (Phi) is 5.79. The van der Waals surface area contributed by atoms with Gasteiger partial charge in [-0.15, -0.1) is 0 Å². The molecule has 0 fully saturated rings. The van der Waals surface area contributed by atoms with Crippen molar-refractivity contribution in [2.45, 2.75) is 38.0 Å². The Morgan fingerprint density at radius 2 is 1.97 bits per heavy atom. The van der Waals surface area contributed by atoms with Crippen LogP contribution in [-0.2, 0) is 11.3 Å². The van der Waals surface area contributed by atoms with E-state index in [0.717, 1.165) is 11.1 Å². The average Bonchev–Trinajstić information content (AvgIpc) is 3.47. The molecule has 2 aromatic carbocycles. The number of fused-ring (bicyclic) bond motifs is 3. The molecule has 3 aromatic heterocycles. The number of aliphatic hydroxyl groups is 1. The lowest BCUT2D eigenvalue weighted by molar-refractivity contribution is 0.147. The summed E-state index contributed by atoms with van der Waals surface area (Å²) in [6.07, 6.45) is 4.55. The van der Waals surface area contributed by atoms with Crippen LogP contribution in [0.25, 0.3) is 28.1 Å². The van der Waals surface area contributed by atoms with Crippen molar-refractivity contribution in [3.8, 4) is 12.0 Å². The van der Waals surface area contributed by atoms with Gasteiger partial charge in [0.2, 0.25) is 5.95 Å². The van der Waals surface area contributed by atoms with Crippen LogP contribution in [0.3, 0.4) is 0 Å². The zero-order valence-corrected chi connectivity index (χ0v) is 20.3. The molecule has 0 saturated carbocycles. The molecule has 6 rings (SSSR count). The Bertz CT molecular complexity index is 1730. The lowest BCUT2D eigenvalue weighted by Crippen LogP contribution is -2.31. The monoisotopic (exact) mass is 495 g/mol. The first kappa shape index (κ1) is 23.1. The SMILES string of the molecule is COCCCn1c(=O)n(C2CCC(O)c3ccccc32)c2nc(-n3cnc4ccc(C#N)cc43)ncc21. The van der Waals surface area contributed by atoms with Gasteiger partial charge in [-0.05, 0) is 48.6 Å². The van der Waals surface area contributed by atoms with Gasteiger partial charge < -0.3 is 9.84 Å². The van der Waals surface area contributed by atoms with E-state index in [9.17, 15) is 15.2 Å². The van der Waals surface area contributed by atoms with E-state index >= 15 is 0 Å². The summed E-state index contributed by atoms with van der Waals surface area (Å²) in [7, 11) is 1.64. The van der Waals surface area contributed by atoms with Crippen molar-refractivity contribution < 1.29 is 9.84 Å². The lowest BCUT2D eigenvalue weighted by Gasteiger charge is -2.29. The molecule has 0 bridgehead atoms. The van der Waals surface area contributed by atoms with Crippen molar-refractivity contribution in [1.29, 1.82) is 5.26 Å². The zero-order chi connectivity index (χ0) is 25.5. The molecule has 1 N–H and O–H groups in total. The maximum atomic E-state index is 13.9. The highest BCUT2D eigenvalue weighted by molar-refractivity contribution is 5.79. The first-order valence-electron chi connectivity index (χ1n) is 12.2. The molecule has 2 atom stereocenters. The molecule has 0 saturated heterocycles. The van der Waals surface area contributed by atoms with Crippen LogP contribution in [0.1, 0.15) is 48.1 Å². The number of imidazole rings is 2. The van der Waals surface area contributed by atoms with Gasteiger partial charge in [-0.25, -0.2) is 14.8 Å². The van der Waals surface area contributed by atoms with Gasteiger partial charge in [0.05, 0.1) is 41.0 Å². The summed E-state index contributed by atoms with van der Waals surface area (Å²) in [4.78, 5) is 27.8. The molecule has 1 aliphatic carbocycles. The van der Waals surface area contributed by atoms with Crippen LogP contribution in [0.15, 0.2) is 59.8 Å². The van der Waals surface area contributed by atoms with E-state index in [2.05, 4.69) is 16.0 Å². The Morgan fingerprint density at radius 3 is 2.78 bits per heavy atom.